The van der Waals surface area contributed by atoms with Gasteiger partial charge in [-0.1, -0.05) is 0 Å². The van der Waals surface area contributed by atoms with Crippen LogP contribution in [0.5, 0.6) is 11.5 Å². The van der Waals surface area contributed by atoms with Gasteiger partial charge in [-0.15, -0.1) is 11.3 Å². The topological polar surface area (TPSA) is 56.0 Å². The average Bonchev–Trinajstić information content (AvgIpc) is 3.10. The summed E-state index contributed by atoms with van der Waals surface area (Å²) in [5, 5.41) is 9.21. The molecule has 0 atom stereocenters. The van der Waals surface area contributed by atoms with E-state index in [1.807, 2.05) is 28.8 Å². The van der Waals surface area contributed by atoms with E-state index in [0.29, 0.717) is 5.69 Å². The lowest BCUT2D eigenvalue weighted by molar-refractivity contribution is 0.174. The zero-order valence-corrected chi connectivity index (χ0v) is 11.6. The molecule has 102 valence electrons. The van der Waals surface area contributed by atoms with Crippen LogP contribution in [0.3, 0.4) is 0 Å². The molecule has 0 amide bonds. The Hall–Kier alpha value is -2.05. The largest absolute Gasteiger partial charge is 0.454 e. The number of benzene rings is 1. The zero-order valence-electron chi connectivity index (χ0n) is 10.8. The summed E-state index contributed by atoms with van der Waals surface area (Å²) < 4.78 is 12.8. The van der Waals surface area contributed by atoms with E-state index in [-0.39, 0.29) is 13.4 Å². The molecule has 20 heavy (non-hydrogen) atoms. The third-order valence-electron chi connectivity index (χ3n) is 3.35. The summed E-state index contributed by atoms with van der Waals surface area (Å²) in [6, 6.07) is 5.92. The number of nitrogens with zero attached hydrogens (tertiary/aromatic N) is 2. The molecule has 6 heteroatoms. The Labute approximate surface area is 119 Å². The minimum atomic E-state index is -0.0476. The summed E-state index contributed by atoms with van der Waals surface area (Å²) in [4.78, 5) is 6.45. The van der Waals surface area contributed by atoms with Gasteiger partial charge in [0, 0.05) is 16.6 Å². The number of aryl methyl sites for hydroxylation is 1. The molecule has 4 rings (SSSR count). The van der Waals surface area contributed by atoms with Crippen LogP contribution in [0, 0.1) is 6.92 Å². The van der Waals surface area contributed by atoms with Gasteiger partial charge in [-0.25, -0.2) is 4.98 Å². The molecule has 0 aliphatic carbocycles. The second-order valence-electron chi connectivity index (χ2n) is 4.62. The van der Waals surface area contributed by atoms with Crippen LogP contribution in [-0.4, -0.2) is 21.3 Å². The minimum Gasteiger partial charge on any atom is -0.454 e. The number of hydrogen-bond acceptors (Lipinski definition) is 5. The van der Waals surface area contributed by atoms with Gasteiger partial charge in [0.05, 0.1) is 18.0 Å². The van der Waals surface area contributed by atoms with Crippen molar-refractivity contribution < 1.29 is 14.6 Å². The quantitative estimate of drug-likeness (QED) is 0.787. The maximum Gasteiger partial charge on any atom is 0.231 e. The van der Waals surface area contributed by atoms with Gasteiger partial charge in [0.15, 0.2) is 16.5 Å². The predicted molar refractivity (Wildman–Crippen MR) is 75.3 cm³/mol. The normalized spacial score (nSPS) is 13.3. The molecule has 0 unspecified atom stereocenters. The molecule has 0 spiro atoms. The standard InChI is InChI=1S/C14H12N2O3S/c1-8-13(16-5-10(6-17)15-14(16)20-8)9-2-3-11-12(4-9)19-7-18-11/h2-5,17H,6-7H2,1H3. The molecule has 0 saturated carbocycles. The number of aromatic nitrogens is 2. The molecule has 0 radical (unpaired) electrons. The Morgan fingerprint density at radius 1 is 1.35 bits per heavy atom. The van der Waals surface area contributed by atoms with Crippen molar-refractivity contribution in [3.8, 4) is 22.8 Å². The highest BCUT2D eigenvalue weighted by atomic mass is 32.1. The lowest BCUT2D eigenvalue weighted by Crippen LogP contribution is -1.92. The minimum absolute atomic E-state index is 0.0476. The van der Waals surface area contributed by atoms with Crippen LogP contribution < -0.4 is 9.47 Å². The number of aliphatic hydroxyl groups excluding tert-OH is 1. The first-order valence-corrected chi connectivity index (χ1v) is 7.06. The van der Waals surface area contributed by atoms with Crippen molar-refractivity contribution in [1.29, 1.82) is 0 Å². The van der Waals surface area contributed by atoms with Gasteiger partial charge in [0.1, 0.15) is 0 Å². The maximum absolute atomic E-state index is 9.21. The molecule has 3 aromatic rings. The van der Waals surface area contributed by atoms with Crippen LogP contribution in [0.1, 0.15) is 10.6 Å². The van der Waals surface area contributed by atoms with Crippen LogP contribution >= 0.6 is 11.3 Å². The fraction of sp³-hybridized carbons (Fsp3) is 0.214. The summed E-state index contributed by atoms with van der Waals surface area (Å²) in [7, 11) is 0. The molecule has 1 aliphatic rings. The van der Waals surface area contributed by atoms with Gasteiger partial charge < -0.3 is 14.6 Å². The van der Waals surface area contributed by atoms with Crippen molar-refractivity contribution in [2.24, 2.45) is 0 Å². The third-order valence-corrected chi connectivity index (χ3v) is 4.32. The first-order chi connectivity index (χ1) is 9.76. The first kappa shape index (κ1) is 11.7. The molecule has 1 N–H and O–H groups in total. The molecule has 3 heterocycles. The first-order valence-electron chi connectivity index (χ1n) is 6.24. The number of rotatable bonds is 2. The van der Waals surface area contributed by atoms with E-state index >= 15 is 0 Å². The van der Waals surface area contributed by atoms with Gasteiger partial charge in [-0.3, -0.25) is 4.40 Å². The summed E-state index contributed by atoms with van der Waals surface area (Å²) in [5.74, 6) is 1.54. The van der Waals surface area contributed by atoms with Crippen molar-refractivity contribution >= 4 is 16.3 Å². The summed E-state index contributed by atoms with van der Waals surface area (Å²) in [6.45, 7) is 2.29. The van der Waals surface area contributed by atoms with Gasteiger partial charge in [0.2, 0.25) is 6.79 Å². The van der Waals surface area contributed by atoms with Crippen LogP contribution in [0.2, 0.25) is 0 Å². The summed E-state index contributed by atoms with van der Waals surface area (Å²) in [5.41, 5.74) is 2.81. The molecular weight excluding hydrogens is 276 g/mol. The maximum atomic E-state index is 9.21. The highest BCUT2D eigenvalue weighted by Gasteiger charge is 2.18. The molecule has 5 nitrogen and oxygen atoms in total. The molecule has 0 bridgehead atoms. The van der Waals surface area contributed by atoms with Crippen molar-refractivity contribution in [1.82, 2.24) is 9.38 Å². The molecule has 2 aromatic heterocycles. The highest BCUT2D eigenvalue weighted by molar-refractivity contribution is 7.17. The van der Waals surface area contributed by atoms with E-state index in [1.165, 1.54) is 4.88 Å². The fourth-order valence-electron chi connectivity index (χ4n) is 2.46. The van der Waals surface area contributed by atoms with E-state index in [2.05, 4.69) is 11.9 Å². The zero-order chi connectivity index (χ0) is 13.7. The Morgan fingerprint density at radius 2 is 2.20 bits per heavy atom. The lowest BCUT2D eigenvalue weighted by atomic mass is 10.1. The third kappa shape index (κ3) is 1.62. The van der Waals surface area contributed by atoms with E-state index in [0.717, 1.165) is 27.7 Å². The van der Waals surface area contributed by atoms with Crippen molar-refractivity contribution in [3.63, 3.8) is 0 Å². The number of aliphatic hydroxyl groups is 1. The second kappa shape index (κ2) is 4.22. The summed E-state index contributed by atoms with van der Waals surface area (Å²) in [6.07, 6.45) is 1.87. The van der Waals surface area contributed by atoms with Crippen molar-refractivity contribution in [3.05, 3.63) is 35.0 Å². The Balaban J connectivity index is 1.92. The number of imidazole rings is 1. The van der Waals surface area contributed by atoms with Crippen LogP contribution in [0.25, 0.3) is 16.2 Å². The van der Waals surface area contributed by atoms with E-state index < -0.39 is 0 Å². The molecular formula is C14H12N2O3S. The number of thiazole rings is 1. The van der Waals surface area contributed by atoms with Gasteiger partial charge in [-0.05, 0) is 25.1 Å². The molecule has 1 aliphatic heterocycles. The number of ether oxygens (including phenoxy) is 2. The average molecular weight is 288 g/mol. The Bertz CT molecular complexity index is 806. The molecule has 0 fully saturated rings. The smallest absolute Gasteiger partial charge is 0.231 e. The molecule has 1 aromatic carbocycles. The van der Waals surface area contributed by atoms with Gasteiger partial charge >= 0.3 is 0 Å². The van der Waals surface area contributed by atoms with E-state index in [4.69, 9.17) is 9.47 Å². The van der Waals surface area contributed by atoms with Crippen molar-refractivity contribution in [2.45, 2.75) is 13.5 Å². The van der Waals surface area contributed by atoms with E-state index in [9.17, 15) is 5.11 Å². The predicted octanol–water partition coefficient (Wildman–Crippen LogP) is 2.59. The SMILES string of the molecule is Cc1sc2nc(CO)cn2c1-c1ccc2c(c1)OCO2. The summed E-state index contributed by atoms with van der Waals surface area (Å²) >= 11 is 1.61. The lowest BCUT2D eigenvalue weighted by Gasteiger charge is -2.04. The second-order valence-corrected chi connectivity index (χ2v) is 5.80. The molecule has 0 saturated heterocycles. The Morgan fingerprint density at radius 3 is 3.05 bits per heavy atom. The highest BCUT2D eigenvalue weighted by Crippen LogP contribution is 2.38. The van der Waals surface area contributed by atoms with Crippen molar-refractivity contribution in [2.75, 3.05) is 6.79 Å². The van der Waals surface area contributed by atoms with Crippen LogP contribution in [-0.2, 0) is 6.61 Å². The number of hydrogen-bond donors (Lipinski definition) is 1. The van der Waals surface area contributed by atoms with Crippen LogP contribution in [0.4, 0.5) is 0 Å². The van der Waals surface area contributed by atoms with Gasteiger partial charge in [-0.2, -0.15) is 0 Å². The fourth-order valence-corrected chi connectivity index (χ4v) is 3.45. The van der Waals surface area contributed by atoms with Gasteiger partial charge in [0.25, 0.3) is 0 Å². The Kier molecular flexibility index (Phi) is 2.48. The number of fused-ring (bicyclic) bond motifs is 2. The monoisotopic (exact) mass is 288 g/mol. The van der Waals surface area contributed by atoms with E-state index in [1.54, 1.807) is 11.3 Å². The van der Waals surface area contributed by atoms with Crippen LogP contribution in [0.15, 0.2) is 24.4 Å².